The van der Waals surface area contributed by atoms with E-state index in [4.69, 9.17) is 4.74 Å². The molecule has 1 aliphatic rings. The highest BCUT2D eigenvalue weighted by molar-refractivity contribution is 5.78. The number of nitrogens with zero attached hydrogens (tertiary/aromatic N) is 1. The molecule has 0 saturated heterocycles. The molecular weight excluding hydrogens is 471 g/mol. The van der Waals surface area contributed by atoms with E-state index in [-0.39, 0.29) is 24.9 Å². The minimum absolute atomic E-state index is 0.0418. The zero-order valence-electron chi connectivity index (χ0n) is 19.9. The van der Waals surface area contributed by atoms with E-state index in [1.165, 1.54) is 20.1 Å². The van der Waals surface area contributed by atoms with Gasteiger partial charge in [-0.25, -0.2) is 0 Å². The summed E-state index contributed by atoms with van der Waals surface area (Å²) in [6.07, 6.45) is -3.34. The van der Waals surface area contributed by atoms with Gasteiger partial charge in [-0.2, -0.15) is 13.2 Å². The van der Waals surface area contributed by atoms with Gasteiger partial charge in [0.15, 0.2) is 0 Å². The Labute approximate surface area is 207 Å². The molecule has 0 saturated carbocycles. The maximum absolute atomic E-state index is 13.7. The SMILES string of the molecule is COc1ccc(CC(=O)O)cc1-c1ccc(C(F)(F)F)cc1CN(C(C)=O)[C@@H]1CCc2ccccc21. The second-order valence-corrected chi connectivity index (χ2v) is 8.88. The van der Waals surface area contributed by atoms with Crippen LogP contribution in [0.15, 0.2) is 60.7 Å². The minimum Gasteiger partial charge on any atom is -0.496 e. The van der Waals surface area contributed by atoms with Gasteiger partial charge in [-0.15, -0.1) is 0 Å². The highest BCUT2D eigenvalue weighted by Gasteiger charge is 2.33. The summed E-state index contributed by atoms with van der Waals surface area (Å²) in [4.78, 5) is 25.7. The van der Waals surface area contributed by atoms with Crippen LogP contribution in [0.4, 0.5) is 13.2 Å². The molecule has 36 heavy (non-hydrogen) atoms. The standard InChI is InChI=1S/C28H26F3NO4/c1-17(33)32(25-11-8-19-5-3-4-6-23(19)25)16-20-15-21(28(29,30)31)9-10-22(20)24-13-18(14-27(34)35)7-12-26(24)36-2/h3-7,9-10,12-13,15,25H,8,11,14,16H2,1-2H3,(H,34,35)/t25-/m1/s1. The number of carboxylic acids is 1. The lowest BCUT2D eigenvalue weighted by molar-refractivity contribution is -0.138. The summed E-state index contributed by atoms with van der Waals surface area (Å²) in [5, 5.41) is 9.22. The number of aryl methyl sites for hydroxylation is 1. The second-order valence-electron chi connectivity index (χ2n) is 8.88. The predicted molar refractivity (Wildman–Crippen MR) is 128 cm³/mol. The topological polar surface area (TPSA) is 66.8 Å². The van der Waals surface area contributed by atoms with E-state index in [1.807, 2.05) is 24.3 Å². The van der Waals surface area contributed by atoms with Crippen LogP contribution >= 0.6 is 0 Å². The van der Waals surface area contributed by atoms with E-state index in [0.29, 0.717) is 34.4 Å². The first-order chi connectivity index (χ1) is 17.1. The lowest BCUT2D eigenvalue weighted by Crippen LogP contribution is -2.32. The van der Waals surface area contributed by atoms with Crippen LogP contribution in [-0.2, 0) is 35.2 Å². The molecule has 0 heterocycles. The van der Waals surface area contributed by atoms with E-state index < -0.39 is 17.7 Å². The van der Waals surface area contributed by atoms with Gasteiger partial charge in [0.05, 0.1) is 25.1 Å². The molecule has 1 amide bonds. The van der Waals surface area contributed by atoms with E-state index >= 15 is 0 Å². The van der Waals surface area contributed by atoms with Gasteiger partial charge in [0.25, 0.3) is 0 Å². The van der Waals surface area contributed by atoms with E-state index in [9.17, 15) is 27.9 Å². The number of ether oxygens (including phenoxy) is 1. The number of hydrogen-bond acceptors (Lipinski definition) is 3. The van der Waals surface area contributed by atoms with Gasteiger partial charge < -0.3 is 14.7 Å². The molecule has 3 aromatic rings. The molecule has 8 heteroatoms. The minimum atomic E-state index is -4.57. The molecule has 3 aromatic carbocycles. The third-order valence-electron chi connectivity index (χ3n) is 6.56. The number of methoxy groups -OCH3 is 1. The summed E-state index contributed by atoms with van der Waals surface area (Å²) in [6.45, 7) is 1.38. The third kappa shape index (κ3) is 5.22. The third-order valence-corrected chi connectivity index (χ3v) is 6.56. The molecule has 0 radical (unpaired) electrons. The molecule has 1 N–H and O–H groups in total. The van der Waals surface area contributed by atoms with Gasteiger partial charge in [0, 0.05) is 19.0 Å². The van der Waals surface area contributed by atoms with Gasteiger partial charge in [-0.1, -0.05) is 36.4 Å². The van der Waals surface area contributed by atoms with E-state index in [2.05, 4.69) is 0 Å². The summed E-state index contributed by atoms with van der Waals surface area (Å²) >= 11 is 0. The van der Waals surface area contributed by atoms with Crippen molar-refractivity contribution in [3.05, 3.63) is 88.5 Å². The number of carbonyl (C=O) groups excluding carboxylic acids is 1. The van der Waals surface area contributed by atoms with Crippen molar-refractivity contribution in [3.63, 3.8) is 0 Å². The summed E-state index contributed by atoms with van der Waals surface area (Å²) in [5.41, 5.74) is 3.01. The van der Waals surface area contributed by atoms with Crippen LogP contribution in [0, 0.1) is 0 Å². The van der Waals surface area contributed by atoms with Crippen molar-refractivity contribution in [1.82, 2.24) is 4.90 Å². The Bertz CT molecular complexity index is 1300. The van der Waals surface area contributed by atoms with Gasteiger partial charge >= 0.3 is 12.1 Å². The maximum Gasteiger partial charge on any atom is 0.416 e. The van der Waals surface area contributed by atoms with Gasteiger partial charge in [-0.3, -0.25) is 9.59 Å². The van der Waals surface area contributed by atoms with Crippen molar-refractivity contribution in [2.45, 2.75) is 44.9 Å². The highest BCUT2D eigenvalue weighted by atomic mass is 19.4. The molecule has 1 aliphatic carbocycles. The van der Waals surface area contributed by atoms with Gasteiger partial charge in [0.1, 0.15) is 5.75 Å². The van der Waals surface area contributed by atoms with Gasteiger partial charge in [-0.05, 0) is 64.9 Å². The van der Waals surface area contributed by atoms with Crippen LogP contribution in [0.2, 0.25) is 0 Å². The highest BCUT2D eigenvalue weighted by Crippen LogP contribution is 2.41. The van der Waals surface area contributed by atoms with Crippen molar-refractivity contribution in [3.8, 4) is 16.9 Å². The zero-order valence-corrected chi connectivity index (χ0v) is 19.9. The molecule has 0 spiro atoms. The van der Waals surface area contributed by atoms with Crippen LogP contribution in [0.3, 0.4) is 0 Å². The molecule has 0 bridgehead atoms. The van der Waals surface area contributed by atoms with Crippen LogP contribution in [0.1, 0.15) is 47.2 Å². The molecule has 188 valence electrons. The summed E-state index contributed by atoms with van der Waals surface area (Å²) in [7, 11) is 1.44. The first kappa shape index (κ1) is 25.3. The number of carbonyl (C=O) groups is 2. The molecule has 0 fully saturated rings. The smallest absolute Gasteiger partial charge is 0.416 e. The van der Waals surface area contributed by atoms with Crippen LogP contribution in [0.25, 0.3) is 11.1 Å². The summed E-state index contributed by atoms with van der Waals surface area (Å²) < 4.78 is 46.5. The van der Waals surface area contributed by atoms with Crippen molar-refractivity contribution in [2.24, 2.45) is 0 Å². The van der Waals surface area contributed by atoms with Crippen LogP contribution in [0.5, 0.6) is 5.75 Å². The number of amides is 1. The van der Waals surface area contributed by atoms with E-state index in [0.717, 1.165) is 29.7 Å². The first-order valence-electron chi connectivity index (χ1n) is 11.5. The van der Waals surface area contributed by atoms with E-state index in [1.54, 1.807) is 23.1 Å². The second kappa shape index (κ2) is 10.0. The molecule has 0 aromatic heterocycles. The monoisotopic (exact) mass is 497 g/mol. The molecule has 0 aliphatic heterocycles. The maximum atomic E-state index is 13.7. The Kier molecular flexibility index (Phi) is 7.06. The molecular formula is C28H26F3NO4. The summed E-state index contributed by atoms with van der Waals surface area (Å²) in [6, 6.07) is 15.8. The fourth-order valence-corrected chi connectivity index (χ4v) is 4.90. The average molecular weight is 498 g/mol. The van der Waals surface area contributed by atoms with Crippen LogP contribution < -0.4 is 4.74 Å². The quantitative estimate of drug-likeness (QED) is 0.432. The van der Waals surface area contributed by atoms with Crippen molar-refractivity contribution < 1.29 is 32.6 Å². The molecule has 4 rings (SSSR count). The Hall–Kier alpha value is -3.81. The fourth-order valence-electron chi connectivity index (χ4n) is 4.90. The fraction of sp³-hybridized carbons (Fsp3) is 0.286. The van der Waals surface area contributed by atoms with Crippen molar-refractivity contribution in [1.29, 1.82) is 0 Å². The number of carboxylic acid groups (broad SMARTS) is 1. The van der Waals surface area contributed by atoms with Crippen molar-refractivity contribution >= 4 is 11.9 Å². The lowest BCUT2D eigenvalue weighted by atomic mass is 9.93. The average Bonchev–Trinajstić information content (AvgIpc) is 3.25. The Morgan fingerprint density at radius 2 is 1.81 bits per heavy atom. The normalized spacial score (nSPS) is 14.9. The molecule has 0 unspecified atom stereocenters. The predicted octanol–water partition coefficient (Wildman–Crippen LogP) is 6.04. The summed E-state index contributed by atoms with van der Waals surface area (Å²) in [5.74, 6) is -0.876. The Morgan fingerprint density at radius 3 is 2.47 bits per heavy atom. The van der Waals surface area contributed by atoms with Crippen molar-refractivity contribution in [2.75, 3.05) is 7.11 Å². The lowest BCUT2D eigenvalue weighted by Gasteiger charge is -2.30. The Balaban J connectivity index is 1.83. The largest absolute Gasteiger partial charge is 0.496 e. The number of alkyl halides is 3. The number of benzene rings is 3. The number of aliphatic carboxylic acids is 1. The number of fused-ring (bicyclic) bond motifs is 1. The number of rotatable bonds is 7. The molecule has 5 nitrogen and oxygen atoms in total. The first-order valence-corrected chi connectivity index (χ1v) is 11.5. The number of halogens is 3. The zero-order chi connectivity index (χ0) is 26.0. The molecule has 1 atom stereocenters. The van der Waals surface area contributed by atoms with Gasteiger partial charge in [0.2, 0.25) is 5.91 Å². The van der Waals surface area contributed by atoms with Crippen LogP contribution in [-0.4, -0.2) is 29.0 Å². The number of hydrogen-bond donors (Lipinski definition) is 1. The Morgan fingerprint density at radius 1 is 1.06 bits per heavy atom.